The molecule has 4 heteroatoms. The minimum absolute atomic E-state index is 0.176. The summed E-state index contributed by atoms with van der Waals surface area (Å²) in [4.78, 5) is 13.1. The number of nitrogens with zero attached hydrogens (tertiary/aromatic N) is 1. The number of methoxy groups -OCH3 is 1. The van der Waals surface area contributed by atoms with Gasteiger partial charge in [0.15, 0.2) is 0 Å². The van der Waals surface area contributed by atoms with Crippen molar-refractivity contribution in [1.82, 2.24) is 4.90 Å². The number of rotatable bonds is 6. The van der Waals surface area contributed by atoms with Gasteiger partial charge >= 0.3 is 5.97 Å². The molecule has 4 nitrogen and oxygen atoms in total. The van der Waals surface area contributed by atoms with Gasteiger partial charge in [-0.1, -0.05) is 18.6 Å². The Morgan fingerprint density at radius 2 is 2.05 bits per heavy atom. The lowest BCUT2D eigenvalue weighted by atomic mass is 10.0. The summed E-state index contributed by atoms with van der Waals surface area (Å²) in [5.74, 6) is 0.146. The zero-order chi connectivity index (χ0) is 14.4. The molecule has 0 saturated carbocycles. The average Bonchev–Trinajstić information content (AvgIpc) is 2.46. The predicted octanol–water partition coefficient (Wildman–Crippen LogP) is 2.70. The Morgan fingerprint density at radius 3 is 2.70 bits per heavy atom. The molecule has 0 unspecified atom stereocenters. The zero-order valence-electron chi connectivity index (χ0n) is 12.1. The van der Waals surface area contributed by atoms with E-state index in [1.54, 1.807) is 7.11 Å². The van der Waals surface area contributed by atoms with E-state index < -0.39 is 5.97 Å². The van der Waals surface area contributed by atoms with Crippen LogP contribution in [0.15, 0.2) is 18.2 Å². The van der Waals surface area contributed by atoms with Crippen molar-refractivity contribution < 1.29 is 14.6 Å². The van der Waals surface area contributed by atoms with Crippen LogP contribution in [0.1, 0.15) is 36.8 Å². The normalized spacial score (nSPS) is 16.1. The summed E-state index contributed by atoms with van der Waals surface area (Å²) in [6.45, 7) is 3.18. The average molecular weight is 277 g/mol. The van der Waals surface area contributed by atoms with Gasteiger partial charge in [0.2, 0.25) is 0 Å². The van der Waals surface area contributed by atoms with Crippen molar-refractivity contribution in [3.05, 3.63) is 29.3 Å². The molecule has 0 aromatic heterocycles. The molecule has 0 spiro atoms. The molecule has 0 aliphatic carbocycles. The van der Waals surface area contributed by atoms with Crippen molar-refractivity contribution in [2.75, 3.05) is 20.2 Å². The Balaban J connectivity index is 2.07. The highest BCUT2D eigenvalue weighted by atomic mass is 16.5. The summed E-state index contributed by atoms with van der Waals surface area (Å²) in [6.07, 6.45) is 4.61. The first kappa shape index (κ1) is 14.9. The molecule has 1 fully saturated rings. The van der Waals surface area contributed by atoms with Crippen LogP contribution in [0.2, 0.25) is 0 Å². The number of hydrogen-bond donors (Lipinski definition) is 1. The standard InChI is InChI=1S/C16H23NO3/c1-20-15-7-5-13(6-8-16(18)19)11-14(15)12-17-9-3-2-4-10-17/h5,7,11H,2-4,6,8-10,12H2,1H3,(H,18,19). The van der Waals surface area contributed by atoms with Gasteiger partial charge in [0.05, 0.1) is 7.11 Å². The van der Waals surface area contributed by atoms with E-state index in [2.05, 4.69) is 11.0 Å². The summed E-state index contributed by atoms with van der Waals surface area (Å²) < 4.78 is 5.42. The number of ether oxygens (including phenoxy) is 1. The summed E-state index contributed by atoms with van der Waals surface area (Å²) >= 11 is 0. The van der Waals surface area contributed by atoms with E-state index in [1.807, 2.05) is 12.1 Å². The lowest BCUT2D eigenvalue weighted by molar-refractivity contribution is -0.136. The molecule has 1 heterocycles. The van der Waals surface area contributed by atoms with Crippen LogP contribution in [0.4, 0.5) is 0 Å². The Bertz CT molecular complexity index is 453. The van der Waals surface area contributed by atoms with Gasteiger partial charge in [-0.2, -0.15) is 0 Å². The molecule has 1 N–H and O–H groups in total. The van der Waals surface area contributed by atoms with Gasteiger partial charge < -0.3 is 9.84 Å². The van der Waals surface area contributed by atoms with Gasteiger partial charge in [-0.3, -0.25) is 9.69 Å². The highest BCUT2D eigenvalue weighted by molar-refractivity contribution is 5.67. The predicted molar refractivity (Wildman–Crippen MR) is 78.1 cm³/mol. The topological polar surface area (TPSA) is 49.8 Å². The molecule has 0 atom stereocenters. The maximum absolute atomic E-state index is 10.7. The number of carboxylic acids is 1. The number of carbonyl (C=O) groups is 1. The Kier molecular flexibility index (Phi) is 5.41. The van der Waals surface area contributed by atoms with E-state index in [9.17, 15) is 4.79 Å². The molecule has 1 saturated heterocycles. The van der Waals surface area contributed by atoms with Crippen LogP contribution in [0, 0.1) is 0 Å². The lowest BCUT2D eigenvalue weighted by Gasteiger charge is -2.27. The first-order chi connectivity index (χ1) is 9.69. The number of aliphatic carboxylic acids is 1. The molecule has 1 aromatic rings. The maximum atomic E-state index is 10.7. The highest BCUT2D eigenvalue weighted by Gasteiger charge is 2.13. The van der Waals surface area contributed by atoms with Crippen molar-refractivity contribution >= 4 is 5.97 Å². The van der Waals surface area contributed by atoms with Crippen LogP contribution in [-0.4, -0.2) is 36.2 Å². The van der Waals surface area contributed by atoms with Crippen LogP contribution in [0.25, 0.3) is 0 Å². The van der Waals surface area contributed by atoms with Crippen LogP contribution in [-0.2, 0) is 17.8 Å². The highest BCUT2D eigenvalue weighted by Crippen LogP contribution is 2.23. The minimum Gasteiger partial charge on any atom is -0.496 e. The summed E-state index contributed by atoms with van der Waals surface area (Å²) in [5, 5.41) is 8.77. The Labute approximate surface area is 120 Å². The molecular weight excluding hydrogens is 254 g/mol. The molecular formula is C16H23NO3. The number of carboxylic acid groups (broad SMARTS) is 1. The van der Waals surface area contributed by atoms with Crippen molar-refractivity contribution in [3.63, 3.8) is 0 Å². The van der Waals surface area contributed by atoms with E-state index in [0.717, 1.165) is 36.5 Å². The van der Waals surface area contributed by atoms with E-state index in [1.165, 1.54) is 19.3 Å². The third kappa shape index (κ3) is 4.23. The van der Waals surface area contributed by atoms with Crippen LogP contribution in [0.5, 0.6) is 5.75 Å². The van der Waals surface area contributed by atoms with Gasteiger partial charge in [-0.25, -0.2) is 0 Å². The second-order valence-corrected chi connectivity index (χ2v) is 5.38. The summed E-state index contributed by atoms with van der Waals surface area (Å²) in [5.41, 5.74) is 2.23. The smallest absolute Gasteiger partial charge is 0.303 e. The Morgan fingerprint density at radius 1 is 1.30 bits per heavy atom. The number of piperidine rings is 1. The molecule has 110 valence electrons. The molecule has 0 amide bonds. The third-order valence-electron chi connectivity index (χ3n) is 3.81. The molecule has 1 aromatic carbocycles. The third-order valence-corrected chi connectivity index (χ3v) is 3.81. The quantitative estimate of drug-likeness (QED) is 0.868. The van der Waals surface area contributed by atoms with Gasteiger partial charge in [0.1, 0.15) is 5.75 Å². The fraction of sp³-hybridized carbons (Fsp3) is 0.562. The van der Waals surface area contributed by atoms with Gasteiger partial charge in [0, 0.05) is 18.5 Å². The fourth-order valence-corrected chi connectivity index (χ4v) is 2.72. The molecule has 2 rings (SSSR count). The molecule has 0 bridgehead atoms. The second-order valence-electron chi connectivity index (χ2n) is 5.38. The number of hydrogen-bond acceptors (Lipinski definition) is 3. The van der Waals surface area contributed by atoms with Crippen LogP contribution < -0.4 is 4.74 Å². The SMILES string of the molecule is COc1ccc(CCC(=O)O)cc1CN1CCCCC1. The van der Waals surface area contributed by atoms with Gasteiger partial charge in [-0.15, -0.1) is 0 Å². The van der Waals surface area contributed by atoms with E-state index in [4.69, 9.17) is 9.84 Å². The zero-order valence-corrected chi connectivity index (χ0v) is 12.1. The maximum Gasteiger partial charge on any atom is 0.303 e. The van der Waals surface area contributed by atoms with Crippen LogP contribution in [0.3, 0.4) is 0 Å². The number of likely N-dealkylation sites (tertiary alicyclic amines) is 1. The van der Waals surface area contributed by atoms with Gasteiger partial charge in [-0.05, 0) is 44.0 Å². The molecule has 1 aliphatic heterocycles. The largest absolute Gasteiger partial charge is 0.496 e. The molecule has 1 aliphatic rings. The summed E-state index contributed by atoms with van der Waals surface area (Å²) in [6, 6.07) is 6.01. The van der Waals surface area contributed by atoms with Crippen molar-refractivity contribution in [3.8, 4) is 5.75 Å². The monoisotopic (exact) mass is 277 g/mol. The van der Waals surface area contributed by atoms with Crippen molar-refractivity contribution in [2.45, 2.75) is 38.6 Å². The van der Waals surface area contributed by atoms with Crippen molar-refractivity contribution in [1.29, 1.82) is 0 Å². The second kappa shape index (κ2) is 7.29. The van der Waals surface area contributed by atoms with Crippen LogP contribution >= 0.6 is 0 Å². The Hall–Kier alpha value is -1.55. The van der Waals surface area contributed by atoms with Gasteiger partial charge in [0.25, 0.3) is 0 Å². The first-order valence-electron chi connectivity index (χ1n) is 7.29. The molecule has 20 heavy (non-hydrogen) atoms. The lowest BCUT2D eigenvalue weighted by Crippen LogP contribution is -2.29. The van der Waals surface area contributed by atoms with E-state index in [-0.39, 0.29) is 6.42 Å². The molecule has 0 radical (unpaired) electrons. The van der Waals surface area contributed by atoms with Crippen molar-refractivity contribution in [2.24, 2.45) is 0 Å². The number of aryl methyl sites for hydroxylation is 1. The van der Waals surface area contributed by atoms with E-state index in [0.29, 0.717) is 6.42 Å². The summed E-state index contributed by atoms with van der Waals surface area (Å²) in [7, 11) is 1.69. The minimum atomic E-state index is -0.751. The number of benzene rings is 1. The van der Waals surface area contributed by atoms with E-state index >= 15 is 0 Å². The fourth-order valence-electron chi connectivity index (χ4n) is 2.72. The first-order valence-corrected chi connectivity index (χ1v) is 7.29.